The first kappa shape index (κ1) is 12.8. The minimum Gasteiger partial charge on any atom is -0.508 e. The lowest BCUT2D eigenvalue weighted by molar-refractivity contribution is -0.171. The third kappa shape index (κ3) is 2.17. The van der Waals surface area contributed by atoms with Crippen molar-refractivity contribution >= 4 is 5.95 Å². The predicted molar refractivity (Wildman–Crippen MR) is 65.3 cm³/mol. The number of hydrogen-bond acceptors (Lipinski definition) is 4. The van der Waals surface area contributed by atoms with Gasteiger partial charge in [-0.15, -0.1) is 5.10 Å². The molecule has 1 aliphatic rings. The first-order valence-electron chi connectivity index (χ1n) is 6.02. The van der Waals surface area contributed by atoms with Crippen LogP contribution in [0.5, 0.6) is 5.75 Å². The molecule has 5 nitrogen and oxygen atoms in total. The maximum atomic E-state index is 12.9. The first-order chi connectivity index (χ1) is 9.45. The van der Waals surface area contributed by atoms with E-state index in [1.807, 2.05) is 0 Å². The molecule has 1 aromatic heterocycles. The molecule has 106 valence electrons. The number of nitrogens with zero attached hydrogens (tertiary/aromatic N) is 3. The number of hydrogen-bond donors (Lipinski definition) is 2. The number of aromatic hydroxyl groups is 1. The summed E-state index contributed by atoms with van der Waals surface area (Å²) in [5.74, 6) is 0.384. The minimum atomic E-state index is -4.35. The summed E-state index contributed by atoms with van der Waals surface area (Å²) in [5.41, 5.74) is 0.549. The zero-order valence-corrected chi connectivity index (χ0v) is 10.2. The summed E-state index contributed by atoms with van der Waals surface area (Å²) in [6.45, 7) is 0.206. The fourth-order valence-electron chi connectivity index (χ4n) is 2.14. The van der Waals surface area contributed by atoms with Crippen LogP contribution in [0.1, 0.15) is 12.5 Å². The Hall–Kier alpha value is -2.25. The van der Waals surface area contributed by atoms with Crippen LogP contribution in [0.25, 0.3) is 11.4 Å². The summed E-state index contributed by atoms with van der Waals surface area (Å²) in [5, 5.41) is 16.0. The number of anilines is 1. The summed E-state index contributed by atoms with van der Waals surface area (Å²) in [7, 11) is 0. The molecule has 0 amide bonds. The van der Waals surface area contributed by atoms with Crippen molar-refractivity contribution in [1.82, 2.24) is 14.8 Å². The fourth-order valence-corrected chi connectivity index (χ4v) is 2.14. The molecule has 20 heavy (non-hydrogen) atoms. The van der Waals surface area contributed by atoms with Gasteiger partial charge in [0.1, 0.15) is 5.75 Å². The molecular formula is C12H11F3N4O. The van der Waals surface area contributed by atoms with Crippen molar-refractivity contribution in [3.8, 4) is 17.1 Å². The van der Waals surface area contributed by atoms with Crippen molar-refractivity contribution in [1.29, 1.82) is 0 Å². The van der Waals surface area contributed by atoms with Gasteiger partial charge in [-0.1, -0.05) is 0 Å². The van der Waals surface area contributed by atoms with E-state index in [0.717, 1.165) is 4.68 Å². The highest BCUT2D eigenvalue weighted by Gasteiger charge is 2.44. The van der Waals surface area contributed by atoms with Crippen LogP contribution in [0, 0.1) is 0 Å². The topological polar surface area (TPSA) is 63.0 Å². The highest BCUT2D eigenvalue weighted by molar-refractivity contribution is 5.57. The number of nitrogens with one attached hydrogen (secondary N) is 1. The maximum absolute atomic E-state index is 12.9. The second kappa shape index (κ2) is 4.39. The van der Waals surface area contributed by atoms with Crippen LogP contribution < -0.4 is 5.32 Å². The fraction of sp³-hybridized carbons (Fsp3) is 0.333. The molecule has 3 rings (SSSR count). The van der Waals surface area contributed by atoms with Crippen molar-refractivity contribution in [2.75, 3.05) is 11.9 Å². The molecule has 0 saturated heterocycles. The van der Waals surface area contributed by atoms with Gasteiger partial charge in [0.25, 0.3) is 0 Å². The Kier molecular flexibility index (Phi) is 2.81. The third-order valence-electron chi connectivity index (χ3n) is 3.13. The molecule has 1 aromatic carbocycles. The SMILES string of the molecule is Oc1ccc(-c2nc3n(n2)C(C(F)(F)F)CCN3)cc1. The van der Waals surface area contributed by atoms with Crippen molar-refractivity contribution in [3.05, 3.63) is 24.3 Å². The second-order valence-corrected chi connectivity index (χ2v) is 4.52. The van der Waals surface area contributed by atoms with Crippen molar-refractivity contribution in [3.63, 3.8) is 0 Å². The van der Waals surface area contributed by atoms with E-state index in [2.05, 4.69) is 15.4 Å². The normalized spacial score (nSPS) is 18.4. The molecule has 1 aliphatic heterocycles. The summed E-state index contributed by atoms with van der Waals surface area (Å²) >= 11 is 0. The number of rotatable bonds is 1. The lowest BCUT2D eigenvalue weighted by Crippen LogP contribution is -2.34. The number of alkyl halides is 3. The molecule has 0 aliphatic carbocycles. The second-order valence-electron chi connectivity index (χ2n) is 4.52. The van der Waals surface area contributed by atoms with E-state index in [-0.39, 0.29) is 30.5 Å². The van der Waals surface area contributed by atoms with Crippen LogP contribution in [0.3, 0.4) is 0 Å². The lowest BCUT2D eigenvalue weighted by atomic mass is 10.2. The van der Waals surface area contributed by atoms with E-state index >= 15 is 0 Å². The molecular weight excluding hydrogens is 273 g/mol. The number of aromatic nitrogens is 3. The van der Waals surface area contributed by atoms with E-state index < -0.39 is 12.2 Å². The summed E-state index contributed by atoms with van der Waals surface area (Å²) in [6, 6.07) is 4.32. The van der Waals surface area contributed by atoms with Gasteiger partial charge in [0.2, 0.25) is 5.95 Å². The van der Waals surface area contributed by atoms with Crippen LogP contribution in [0.15, 0.2) is 24.3 Å². The van der Waals surface area contributed by atoms with Gasteiger partial charge >= 0.3 is 6.18 Å². The molecule has 2 aromatic rings. The van der Waals surface area contributed by atoms with Gasteiger partial charge in [-0.25, -0.2) is 4.68 Å². The van der Waals surface area contributed by atoms with E-state index in [1.54, 1.807) is 12.1 Å². The van der Waals surface area contributed by atoms with E-state index in [1.165, 1.54) is 12.1 Å². The Labute approximate surface area is 112 Å². The van der Waals surface area contributed by atoms with Crippen LogP contribution in [-0.4, -0.2) is 32.6 Å². The van der Waals surface area contributed by atoms with Crippen molar-refractivity contribution < 1.29 is 18.3 Å². The van der Waals surface area contributed by atoms with Crippen LogP contribution in [0.2, 0.25) is 0 Å². The van der Waals surface area contributed by atoms with E-state index in [9.17, 15) is 18.3 Å². The number of benzene rings is 1. The van der Waals surface area contributed by atoms with Gasteiger partial charge in [0, 0.05) is 12.1 Å². The van der Waals surface area contributed by atoms with Gasteiger partial charge in [0.05, 0.1) is 0 Å². The summed E-state index contributed by atoms with van der Waals surface area (Å²) in [4.78, 5) is 4.07. The molecule has 0 radical (unpaired) electrons. The first-order valence-corrected chi connectivity index (χ1v) is 6.02. The predicted octanol–water partition coefficient (Wildman–Crippen LogP) is 2.57. The smallest absolute Gasteiger partial charge is 0.411 e. The highest BCUT2D eigenvalue weighted by Crippen LogP contribution is 2.37. The molecule has 0 saturated carbocycles. The molecule has 2 heterocycles. The molecule has 0 bridgehead atoms. The van der Waals surface area contributed by atoms with E-state index in [4.69, 9.17) is 0 Å². The maximum Gasteiger partial charge on any atom is 0.411 e. The van der Waals surface area contributed by atoms with Crippen LogP contribution >= 0.6 is 0 Å². The third-order valence-corrected chi connectivity index (χ3v) is 3.13. The molecule has 0 fully saturated rings. The average molecular weight is 284 g/mol. The van der Waals surface area contributed by atoms with Gasteiger partial charge in [-0.2, -0.15) is 18.2 Å². The minimum absolute atomic E-state index is 0.0732. The Morgan fingerprint density at radius 2 is 1.95 bits per heavy atom. The highest BCUT2D eigenvalue weighted by atomic mass is 19.4. The molecule has 0 spiro atoms. The number of phenols is 1. The number of phenolic OH excluding ortho intramolecular Hbond substituents is 1. The number of fused-ring (bicyclic) bond motifs is 1. The zero-order chi connectivity index (χ0) is 14.3. The van der Waals surface area contributed by atoms with Gasteiger partial charge in [0.15, 0.2) is 11.9 Å². The number of halogens is 3. The Morgan fingerprint density at radius 1 is 1.25 bits per heavy atom. The van der Waals surface area contributed by atoms with Gasteiger partial charge < -0.3 is 10.4 Å². The zero-order valence-electron chi connectivity index (χ0n) is 10.2. The quantitative estimate of drug-likeness (QED) is 0.845. The Morgan fingerprint density at radius 3 is 2.60 bits per heavy atom. The molecule has 1 atom stereocenters. The summed E-state index contributed by atoms with van der Waals surface area (Å²) < 4.78 is 39.7. The Balaban J connectivity index is 2.01. The average Bonchev–Trinajstić information content (AvgIpc) is 2.81. The molecule has 1 unspecified atom stereocenters. The standard InChI is InChI=1S/C12H11F3N4O/c13-12(14,15)9-5-6-16-11-17-10(18-19(9)11)7-1-3-8(20)4-2-7/h1-4,9,20H,5-6H2,(H,16,17,18). The Bertz CT molecular complexity index is 621. The molecule has 2 N–H and O–H groups in total. The van der Waals surface area contributed by atoms with Gasteiger partial charge in [-0.05, 0) is 30.7 Å². The van der Waals surface area contributed by atoms with Crippen LogP contribution in [0.4, 0.5) is 19.1 Å². The van der Waals surface area contributed by atoms with Gasteiger partial charge in [-0.3, -0.25) is 0 Å². The van der Waals surface area contributed by atoms with E-state index in [0.29, 0.717) is 5.56 Å². The lowest BCUT2D eigenvalue weighted by Gasteiger charge is -2.25. The van der Waals surface area contributed by atoms with Crippen LogP contribution in [-0.2, 0) is 0 Å². The summed E-state index contributed by atoms with van der Waals surface area (Å²) in [6.07, 6.45) is -4.42. The van der Waals surface area contributed by atoms with Crippen molar-refractivity contribution in [2.45, 2.75) is 18.6 Å². The monoisotopic (exact) mass is 284 g/mol. The molecule has 8 heteroatoms. The van der Waals surface area contributed by atoms with Crippen molar-refractivity contribution in [2.24, 2.45) is 0 Å². The largest absolute Gasteiger partial charge is 0.508 e.